The largest absolute Gasteiger partial charge is 0.492 e. The lowest BCUT2D eigenvalue weighted by atomic mass is 9.92. The SMILES string of the molecule is CCOc1ccccc1NC(=O)N1CCC(c2cnn(-c3cccc(C)c3)c2)CC1. The predicted molar refractivity (Wildman–Crippen MR) is 118 cm³/mol. The van der Waals surface area contributed by atoms with Crippen molar-refractivity contribution in [3.8, 4) is 11.4 Å². The van der Waals surface area contributed by atoms with Crippen LogP contribution >= 0.6 is 0 Å². The van der Waals surface area contributed by atoms with E-state index in [1.54, 1.807) is 0 Å². The third-order valence-corrected chi connectivity index (χ3v) is 5.55. The summed E-state index contributed by atoms with van der Waals surface area (Å²) in [6.07, 6.45) is 5.94. The molecule has 2 heterocycles. The Hall–Kier alpha value is -3.28. The van der Waals surface area contributed by atoms with Crippen molar-refractivity contribution in [3.63, 3.8) is 0 Å². The Bertz CT molecular complexity index is 1010. The minimum atomic E-state index is -0.0731. The molecular weight excluding hydrogens is 376 g/mol. The second kappa shape index (κ2) is 9.03. The number of rotatable bonds is 5. The Balaban J connectivity index is 1.36. The highest BCUT2D eigenvalue weighted by atomic mass is 16.5. The van der Waals surface area contributed by atoms with E-state index in [9.17, 15) is 4.79 Å². The van der Waals surface area contributed by atoms with E-state index in [0.717, 1.165) is 31.6 Å². The molecule has 0 bridgehead atoms. The highest BCUT2D eigenvalue weighted by Gasteiger charge is 2.25. The minimum absolute atomic E-state index is 0.0731. The van der Waals surface area contributed by atoms with Crippen molar-refractivity contribution in [1.29, 1.82) is 0 Å². The second-order valence-electron chi connectivity index (χ2n) is 7.68. The summed E-state index contributed by atoms with van der Waals surface area (Å²) in [6.45, 7) is 6.03. The summed E-state index contributed by atoms with van der Waals surface area (Å²) in [5.41, 5.74) is 4.24. The lowest BCUT2D eigenvalue weighted by Gasteiger charge is -2.31. The molecule has 1 aliphatic heterocycles. The number of nitrogens with one attached hydrogen (secondary N) is 1. The van der Waals surface area contributed by atoms with Gasteiger partial charge >= 0.3 is 6.03 Å². The van der Waals surface area contributed by atoms with E-state index in [2.05, 4.69) is 41.7 Å². The molecule has 1 aromatic heterocycles. The number of urea groups is 1. The normalized spacial score (nSPS) is 14.5. The molecule has 6 heteroatoms. The Morgan fingerprint density at radius 2 is 1.97 bits per heavy atom. The molecule has 2 amide bonds. The summed E-state index contributed by atoms with van der Waals surface area (Å²) in [6, 6.07) is 15.8. The van der Waals surface area contributed by atoms with Crippen LogP contribution < -0.4 is 10.1 Å². The van der Waals surface area contributed by atoms with Crippen molar-refractivity contribution < 1.29 is 9.53 Å². The Morgan fingerprint density at radius 1 is 1.17 bits per heavy atom. The fourth-order valence-corrected chi connectivity index (χ4v) is 3.92. The van der Waals surface area contributed by atoms with Gasteiger partial charge in [-0.25, -0.2) is 9.48 Å². The van der Waals surface area contributed by atoms with Gasteiger partial charge in [-0.3, -0.25) is 0 Å². The van der Waals surface area contributed by atoms with E-state index in [0.29, 0.717) is 24.0 Å². The van der Waals surface area contributed by atoms with E-state index < -0.39 is 0 Å². The number of carbonyl (C=O) groups excluding carboxylic acids is 1. The lowest BCUT2D eigenvalue weighted by molar-refractivity contribution is 0.194. The maximum absolute atomic E-state index is 12.7. The van der Waals surface area contributed by atoms with E-state index in [-0.39, 0.29) is 6.03 Å². The average molecular weight is 405 g/mol. The minimum Gasteiger partial charge on any atom is -0.492 e. The van der Waals surface area contributed by atoms with Gasteiger partial charge in [-0.05, 0) is 68.0 Å². The summed E-state index contributed by atoms with van der Waals surface area (Å²) < 4.78 is 7.54. The predicted octanol–water partition coefficient (Wildman–Crippen LogP) is 4.99. The van der Waals surface area contributed by atoms with Crippen LogP contribution in [0.3, 0.4) is 0 Å². The van der Waals surface area contributed by atoms with Crippen molar-refractivity contribution in [2.24, 2.45) is 0 Å². The number of ether oxygens (including phenoxy) is 1. The number of hydrogen-bond acceptors (Lipinski definition) is 3. The molecule has 156 valence electrons. The molecule has 0 unspecified atom stereocenters. The van der Waals surface area contributed by atoms with Crippen molar-refractivity contribution in [3.05, 3.63) is 72.1 Å². The molecule has 0 spiro atoms. The summed E-state index contributed by atoms with van der Waals surface area (Å²) in [5.74, 6) is 1.12. The number of piperidine rings is 1. The molecule has 0 atom stereocenters. The summed E-state index contributed by atoms with van der Waals surface area (Å²) in [4.78, 5) is 14.6. The van der Waals surface area contributed by atoms with Gasteiger partial charge in [0, 0.05) is 19.3 Å². The van der Waals surface area contributed by atoms with Gasteiger partial charge in [-0.15, -0.1) is 0 Å². The Labute approximate surface area is 177 Å². The molecule has 1 N–H and O–H groups in total. The van der Waals surface area contributed by atoms with E-state index in [4.69, 9.17) is 4.74 Å². The van der Waals surface area contributed by atoms with Gasteiger partial charge in [0.05, 0.1) is 24.2 Å². The first-order chi connectivity index (χ1) is 14.6. The first-order valence-corrected chi connectivity index (χ1v) is 10.5. The zero-order valence-electron chi connectivity index (χ0n) is 17.5. The van der Waals surface area contributed by atoms with Gasteiger partial charge in [0.25, 0.3) is 0 Å². The lowest BCUT2D eigenvalue weighted by Crippen LogP contribution is -2.40. The van der Waals surface area contributed by atoms with Gasteiger partial charge in [0.2, 0.25) is 0 Å². The number of benzene rings is 2. The third kappa shape index (κ3) is 4.48. The van der Waals surface area contributed by atoms with E-state index in [1.807, 2.05) is 53.0 Å². The molecule has 1 aliphatic rings. The molecule has 1 fully saturated rings. The highest BCUT2D eigenvalue weighted by molar-refractivity contribution is 5.91. The Kier molecular flexibility index (Phi) is 6.02. The molecular formula is C24H28N4O2. The molecule has 30 heavy (non-hydrogen) atoms. The van der Waals surface area contributed by atoms with Crippen LogP contribution in [0.4, 0.5) is 10.5 Å². The topological polar surface area (TPSA) is 59.4 Å². The number of likely N-dealkylation sites (tertiary alicyclic amines) is 1. The molecule has 6 nitrogen and oxygen atoms in total. The number of carbonyl (C=O) groups is 1. The molecule has 3 aromatic rings. The maximum atomic E-state index is 12.7. The number of aromatic nitrogens is 2. The number of anilines is 1. The Morgan fingerprint density at radius 3 is 2.73 bits per heavy atom. The van der Waals surface area contributed by atoms with Crippen LogP contribution in [-0.2, 0) is 0 Å². The fourth-order valence-electron chi connectivity index (χ4n) is 3.92. The van der Waals surface area contributed by atoms with Crippen LogP contribution in [0.15, 0.2) is 60.9 Å². The molecule has 2 aromatic carbocycles. The van der Waals surface area contributed by atoms with Crippen LogP contribution in [0.25, 0.3) is 5.69 Å². The van der Waals surface area contributed by atoms with Crippen molar-refractivity contribution in [2.45, 2.75) is 32.6 Å². The van der Waals surface area contributed by atoms with Crippen molar-refractivity contribution in [2.75, 3.05) is 25.0 Å². The maximum Gasteiger partial charge on any atom is 0.321 e. The molecule has 1 saturated heterocycles. The van der Waals surface area contributed by atoms with Gasteiger partial charge in [-0.1, -0.05) is 24.3 Å². The fraction of sp³-hybridized carbons (Fsp3) is 0.333. The first-order valence-electron chi connectivity index (χ1n) is 10.5. The van der Waals surface area contributed by atoms with Gasteiger partial charge < -0.3 is 15.0 Å². The number of aryl methyl sites for hydroxylation is 1. The van der Waals surface area contributed by atoms with Crippen LogP contribution in [0.5, 0.6) is 5.75 Å². The van der Waals surface area contributed by atoms with Crippen LogP contribution in [0, 0.1) is 6.92 Å². The van der Waals surface area contributed by atoms with Crippen LogP contribution in [0.1, 0.15) is 36.8 Å². The van der Waals surface area contributed by atoms with Gasteiger partial charge in [0.1, 0.15) is 5.75 Å². The summed E-state index contributed by atoms with van der Waals surface area (Å²) in [5, 5.41) is 7.55. The quantitative estimate of drug-likeness (QED) is 0.652. The molecule has 0 aliphatic carbocycles. The summed E-state index contributed by atoms with van der Waals surface area (Å²) >= 11 is 0. The number of amides is 2. The summed E-state index contributed by atoms with van der Waals surface area (Å²) in [7, 11) is 0. The zero-order valence-corrected chi connectivity index (χ0v) is 17.5. The zero-order chi connectivity index (χ0) is 20.9. The molecule has 0 radical (unpaired) electrons. The van der Waals surface area contributed by atoms with Crippen LogP contribution in [0.2, 0.25) is 0 Å². The van der Waals surface area contributed by atoms with Crippen LogP contribution in [-0.4, -0.2) is 40.4 Å². The van der Waals surface area contributed by atoms with Crippen molar-refractivity contribution >= 4 is 11.7 Å². The highest BCUT2D eigenvalue weighted by Crippen LogP contribution is 2.29. The molecule has 4 rings (SSSR count). The average Bonchev–Trinajstić information content (AvgIpc) is 3.26. The number of hydrogen-bond donors (Lipinski definition) is 1. The number of nitrogens with zero attached hydrogens (tertiary/aromatic N) is 3. The van der Waals surface area contributed by atoms with E-state index >= 15 is 0 Å². The smallest absolute Gasteiger partial charge is 0.321 e. The third-order valence-electron chi connectivity index (χ3n) is 5.55. The number of para-hydroxylation sites is 2. The second-order valence-corrected chi connectivity index (χ2v) is 7.68. The van der Waals surface area contributed by atoms with Gasteiger partial charge in [0.15, 0.2) is 0 Å². The monoisotopic (exact) mass is 404 g/mol. The van der Waals surface area contributed by atoms with Crippen molar-refractivity contribution in [1.82, 2.24) is 14.7 Å². The van der Waals surface area contributed by atoms with E-state index in [1.165, 1.54) is 11.1 Å². The standard InChI is InChI=1S/C24H28N4O2/c1-3-30-23-10-5-4-9-22(23)26-24(29)27-13-11-19(12-14-27)20-16-25-28(17-20)21-8-6-7-18(2)15-21/h4-10,15-17,19H,3,11-14H2,1-2H3,(H,26,29). The first kappa shape index (κ1) is 20.0. The van der Waals surface area contributed by atoms with Gasteiger partial charge in [-0.2, -0.15) is 5.10 Å². The molecule has 0 saturated carbocycles.